The summed E-state index contributed by atoms with van der Waals surface area (Å²) in [6.07, 6.45) is 0.507. The molecule has 0 aliphatic heterocycles. The fourth-order valence-electron chi connectivity index (χ4n) is 1.66. The smallest absolute Gasteiger partial charge is 0.223 e. The van der Waals surface area contributed by atoms with Crippen LogP contribution in [0.2, 0.25) is 0 Å². The van der Waals surface area contributed by atoms with Crippen molar-refractivity contribution in [1.82, 2.24) is 4.90 Å². The van der Waals surface area contributed by atoms with E-state index in [9.17, 15) is 4.79 Å². The third-order valence-electron chi connectivity index (χ3n) is 2.57. The van der Waals surface area contributed by atoms with E-state index < -0.39 is 0 Å². The number of nitrogens with one attached hydrogen (secondary N) is 1. The van der Waals surface area contributed by atoms with Crippen molar-refractivity contribution in [3.63, 3.8) is 0 Å². The minimum atomic E-state index is 0.137. The summed E-state index contributed by atoms with van der Waals surface area (Å²) in [4.78, 5) is 13.0. The van der Waals surface area contributed by atoms with Crippen molar-refractivity contribution in [2.45, 2.75) is 20.3 Å². The van der Waals surface area contributed by atoms with Crippen LogP contribution in [-0.2, 0) is 4.79 Å². The summed E-state index contributed by atoms with van der Waals surface area (Å²) >= 11 is 3.54. The van der Waals surface area contributed by atoms with Crippen molar-refractivity contribution in [1.29, 1.82) is 0 Å². The molecule has 0 spiro atoms. The number of aryl methyl sites for hydroxylation is 2. The van der Waals surface area contributed by atoms with Gasteiger partial charge >= 0.3 is 0 Å². The lowest BCUT2D eigenvalue weighted by atomic mass is 10.1. The maximum absolute atomic E-state index is 11.4. The van der Waals surface area contributed by atoms with Crippen molar-refractivity contribution < 1.29 is 4.79 Å². The van der Waals surface area contributed by atoms with E-state index in [-0.39, 0.29) is 5.91 Å². The highest BCUT2D eigenvalue weighted by molar-refractivity contribution is 9.10. The summed E-state index contributed by atoms with van der Waals surface area (Å²) in [5.74, 6) is 0.137. The van der Waals surface area contributed by atoms with E-state index in [1.807, 2.05) is 0 Å². The van der Waals surface area contributed by atoms with E-state index in [2.05, 4.69) is 47.2 Å². The van der Waals surface area contributed by atoms with E-state index in [1.54, 1.807) is 19.0 Å². The second-order valence-electron chi connectivity index (χ2n) is 4.40. The zero-order valence-corrected chi connectivity index (χ0v) is 12.4. The van der Waals surface area contributed by atoms with Crippen LogP contribution in [0.5, 0.6) is 0 Å². The van der Waals surface area contributed by atoms with Crippen LogP contribution in [0.4, 0.5) is 5.69 Å². The fraction of sp³-hybridized carbons (Fsp3) is 0.462. The van der Waals surface area contributed by atoms with E-state index in [1.165, 1.54) is 11.1 Å². The lowest BCUT2D eigenvalue weighted by Crippen LogP contribution is -2.24. The van der Waals surface area contributed by atoms with E-state index in [0.29, 0.717) is 13.0 Å². The van der Waals surface area contributed by atoms with Gasteiger partial charge < -0.3 is 10.2 Å². The number of nitrogens with zero attached hydrogens (tertiary/aromatic N) is 1. The predicted molar refractivity (Wildman–Crippen MR) is 75.4 cm³/mol. The molecule has 0 unspecified atom stereocenters. The van der Waals surface area contributed by atoms with E-state index >= 15 is 0 Å². The Balaban J connectivity index is 2.61. The maximum atomic E-state index is 11.4. The highest BCUT2D eigenvalue weighted by atomic mass is 79.9. The molecule has 1 aromatic rings. The van der Waals surface area contributed by atoms with Crippen molar-refractivity contribution in [3.05, 3.63) is 27.7 Å². The van der Waals surface area contributed by atoms with Crippen LogP contribution in [0.25, 0.3) is 0 Å². The van der Waals surface area contributed by atoms with Crippen LogP contribution >= 0.6 is 15.9 Å². The van der Waals surface area contributed by atoms with Crippen molar-refractivity contribution in [3.8, 4) is 0 Å². The largest absolute Gasteiger partial charge is 0.383 e. The highest BCUT2D eigenvalue weighted by Gasteiger charge is 2.06. The van der Waals surface area contributed by atoms with Gasteiger partial charge in [0.1, 0.15) is 0 Å². The fourth-order valence-corrected chi connectivity index (χ4v) is 2.47. The molecule has 0 heterocycles. The molecule has 0 aliphatic rings. The average Bonchev–Trinajstić information content (AvgIpc) is 2.21. The topological polar surface area (TPSA) is 32.3 Å². The number of benzene rings is 1. The van der Waals surface area contributed by atoms with Crippen LogP contribution < -0.4 is 5.32 Å². The first-order valence-electron chi connectivity index (χ1n) is 5.62. The van der Waals surface area contributed by atoms with Gasteiger partial charge in [-0.2, -0.15) is 0 Å². The molecule has 0 aliphatic carbocycles. The molecule has 94 valence electrons. The van der Waals surface area contributed by atoms with E-state index in [0.717, 1.165) is 10.2 Å². The zero-order valence-electron chi connectivity index (χ0n) is 10.8. The Morgan fingerprint density at radius 1 is 1.35 bits per heavy atom. The molecule has 4 heteroatoms. The molecule has 0 atom stereocenters. The van der Waals surface area contributed by atoms with E-state index in [4.69, 9.17) is 0 Å². The first kappa shape index (κ1) is 14.0. The third-order valence-corrected chi connectivity index (χ3v) is 3.20. The quantitative estimate of drug-likeness (QED) is 0.927. The SMILES string of the molecule is Cc1cc(C)c(NCCC(=O)N(C)C)c(Br)c1. The van der Waals surface area contributed by atoms with Gasteiger partial charge in [-0.3, -0.25) is 4.79 Å². The number of halogens is 1. The zero-order chi connectivity index (χ0) is 13.0. The Morgan fingerprint density at radius 3 is 2.53 bits per heavy atom. The van der Waals surface area contributed by atoms with Gasteiger partial charge in [-0.05, 0) is 47.0 Å². The van der Waals surface area contributed by atoms with Crippen LogP contribution in [0.3, 0.4) is 0 Å². The van der Waals surface area contributed by atoms with Crippen LogP contribution in [-0.4, -0.2) is 31.4 Å². The summed E-state index contributed by atoms with van der Waals surface area (Å²) in [6, 6.07) is 4.20. The first-order chi connectivity index (χ1) is 7.91. The number of hydrogen-bond donors (Lipinski definition) is 1. The van der Waals surface area contributed by atoms with Gasteiger partial charge in [-0.1, -0.05) is 6.07 Å². The minimum absolute atomic E-state index is 0.137. The molecule has 0 bridgehead atoms. The Hall–Kier alpha value is -1.03. The molecule has 1 rings (SSSR count). The second-order valence-corrected chi connectivity index (χ2v) is 5.26. The number of carbonyl (C=O) groups excluding carboxylic acids is 1. The number of anilines is 1. The normalized spacial score (nSPS) is 10.2. The van der Waals surface area contributed by atoms with Crippen LogP contribution in [0.1, 0.15) is 17.5 Å². The summed E-state index contributed by atoms with van der Waals surface area (Å²) < 4.78 is 1.05. The van der Waals surface area contributed by atoms with Crippen molar-refractivity contribution >= 4 is 27.5 Å². The molecule has 1 amide bonds. The van der Waals surface area contributed by atoms with Gasteiger partial charge in [0, 0.05) is 31.5 Å². The van der Waals surface area contributed by atoms with Gasteiger partial charge in [-0.25, -0.2) is 0 Å². The molecule has 0 fully saturated rings. The Labute approximate surface area is 111 Å². The molecule has 0 aromatic heterocycles. The molecule has 1 aromatic carbocycles. The van der Waals surface area contributed by atoms with Gasteiger partial charge in [0.2, 0.25) is 5.91 Å². The lowest BCUT2D eigenvalue weighted by molar-refractivity contribution is -0.128. The maximum Gasteiger partial charge on any atom is 0.223 e. The number of rotatable bonds is 4. The molecule has 0 radical (unpaired) electrons. The van der Waals surface area contributed by atoms with Crippen LogP contribution in [0.15, 0.2) is 16.6 Å². The Morgan fingerprint density at radius 2 is 2.00 bits per heavy atom. The van der Waals surface area contributed by atoms with Crippen molar-refractivity contribution in [2.24, 2.45) is 0 Å². The predicted octanol–water partition coefficient (Wildman–Crippen LogP) is 2.96. The number of carbonyl (C=O) groups is 1. The van der Waals surface area contributed by atoms with Crippen molar-refractivity contribution in [2.75, 3.05) is 26.0 Å². The molecular formula is C13H19BrN2O. The Bertz CT molecular complexity index is 393. The molecule has 3 nitrogen and oxygen atoms in total. The average molecular weight is 299 g/mol. The second kappa shape index (κ2) is 6.05. The van der Waals surface area contributed by atoms with Gasteiger partial charge in [0.25, 0.3) is 0 Å². The van der Waals surface area contributed by atoms with Gasteiger partial charge in [0.15, 0.2) is 0 Å². The molecule has 17 heavy (non-hydrogen) atoms. The molecule has 0 saturated carbocycles. The summed E-state index contributed by atoms with van der Waals surface area (Å²) in [5.41, 5.74) is 3.49. The van der Waals surface area contributed by atoms with Crippen LogP contribution in [0, 0.1) is 13.8 Å². The highest BCUT2D eigenvalue weighted by Crippen LogP contribution is 2.27. The monoisotopic (exact) mass is 298 g/mol. The summed E-state index contributed by atoms with van der Waals surface area (Å²) in [5, 5.41) is 3.30. The molecule has 1 N–H and O–H groups in total. The minimum Gasteiger partial charge on any atom is -0.383 e. The Kier molecular flexibility index (Phi) is 5.00. The van der Waals surface area contributed by atoms with Gasteiger partial charge in [0.05, 0.1) is 5.69 Å². The first-order valence-corrected chi connectivity index (χ1v) is 6.42. The summed E-state index contributed by atoms with van der Waals surface area (Å²) in [7, 11) is 3.55. The number of hydrogen-bond acceptors (Lipinski definition) is 2. The standard InChI is InChI=1S/C13H19BrN2O/c1-9-7-10(2)13(11(14)8-9)15-6-5-12(17)16(3)4/h7-8,15H,5-6H2,1-4H3. The molecular weight excluding hydrogens is 280 g/mol. The third kappa shape index (κ3) is 4.04. The summed E-state index contributed by atoms with van der Waals surface area (Å²) in [6.45, 7) is 4.78. The lowest BCUT2D eigenvalue weighted by Gasteiger charge is -2.14. The number of amides is 1. The van der Waals surface area contributed by atoms with Gasteiger partial charge in [-0.15, -0.1) is 0 Å². The molecule has 0 saturated heterocycles.